The minimum atomic E-state index is -3.37. The fraction of sp³-hybridized carbons (Fsp3) is 0.600. The van der Waals surface area contributed by atoms with Crippen molar-refractivity contribution in [1.82, 2.24) is 9.62 Å². The second-order valence-corrected chi connectivity index (χ2v) is 7.57. The van der Waals surface area contributed by atoms with Gasteiger partial charge in [-0.2, -0.15) is 0 Å². The van der Waals surface area contributed by atoms with Gasteiger partial charge in [-0.15, -0.1) is 0 Å². The molecule has 0 bridgehead atoms. The zero-order valence-electron chi connectivity index (χ0n) is 11.7. The largest absolute Gasteiger partial charge is 0.299 e. The van der Waals surface area contributed by atoms with Crippen molar-refractivity contribution in [1.29, 1.82) is 0 Å². The first-order chi connectivity index (χ1) is 9.65. The summed E-state index contributed by atoms with van der Waals surface area (Å²) in [5.41, 5.74) is 0. The number of nitrogens with zero attached hydrogens (tertiary/aromatic N) is 1. The van der Waals surface area contributed by atoms with E-state index in [0.29, 0.717) is 10.9 Å². The van der Waals surface area contributed by atoms with E-state index >= 15 is 0 Å². The number of sulfonamides is 1. The summed E-state index contributed by atoms with van der Waals surface area (Å²) in [5, 5.41) is 0. The van der Waals surface area contributed by atoms with Crippen LogP contribution in [-0.4, -0.2) is 38.5 Å². The van der Waals surface area contributed by atoms with E-state index in [1.807, 2.05) is 6.07 Å². The van der Waals surface area contributed by atoms with Crippen molar-refractivity contribution in [2.75, 3.05) is 13.1 Å². The lowest BCUT2D eigenvalue weighted by Crippen LogP contribution is -2.39. The Bertz CT molecular complexity index is 538. The van der Waals surface area contributed by atoms with Gasteiger partial charge in [-0.05, 0) is 31.4 Å². The van der Waals surface area contributed by atoms with Crippen LogP contribution in [0.15, 0.2) is 35.2 Å². The minimum absolute atomic E-state index is 0.0563. The lowest BCUT2D eigenvalue weighted by Gasteiger charge is -2.23. The van der Waals surface area contributed by atoms with Crippen LogP contribution >= 0.6 is 0 Å². The lowest BCUT2D eigenvalue weighted by molar-refractivity contribution is 0.242. The molecule has 20 heavy (non-hydrogen) atoms. The first kappa shape index (κ1) is 14.0. The summed E-state index contributed by atoms with van der Waals surface area (Å²) < 4.78 is 27.4. The molecule has 0 amide bonds. The molecule has 1 saturated carbocycles. The molecule has 0 aromatic heterocycles. The van der Waals surface area contributed by atoms with E-state index in [1.54, 1.807) is 24.3 Å². The van der Waals surface area contributed by atoms with E-state index in [0.717, 1.165) is 19.5 Å². The van der Waals surface area contributed by atoms with Crippen LogP contribution in [0, 0.1) is 0 Å². The van der Waals surface area contributed by atoms with E-state index in [1.165, 1.54) is 25.7 Å². The standard InChI is InChI=1S/C15H22N2O2S/c18-20(19,15-8-2-1-3-9-15)16-13-10-11-17(12-13)14-6-4-5-7-14/h1-3,8-9,13-14,16H,4-7,10-12H2/t13-/m0/s1. The number of hydrogen-bond donors (Lipinski definition) is 1. The second kappa shape index (κ2) is 5.84. The van der Waals surface area contributed by atoms with Gasteiger partial charge in [0.15, 0.2) is 0 Å². The second-order valence-electron chi connectivity index (χ2n) is 5.85. The molecule has 3 rings (SSSR count). The van der Waals surface area contributed by atoms with Crippen LogP contribution in [0.3, 0.4) is 0 Å². The van der Waals surface area contributed by atoms with E-state index in [4.69, 9.17) is 0 Å². The first-order valence-electron chi connectivity index (χ1n) is 7.46. The van der Waals surface area contributed by atoms with Gasteiger partial charge in [-0.3, -0.25) is 4.90 Å². The molecule has 0 unspecified atom stereocenters. The Kier molecular flexibility index (Phi) is 4.10. The fourth-order valence-electron chi connectivity index (χ4n) is 3.37. The molecule has 1 aliphatic carbocycles. The molecule has 1 saturated heterocycles. The Morgan fingerprint density at radius 1 is 1.05 bits per heavy atom. The predicted molar refractivity (Wildman–Crippen MR) is 79.0 cm³/mol. The molecule has 0 spiro atoms. The number of rotatable bonds is 4. The third kappa shape index (κ3) is 3.05. The monoisotopic (exact) mass is 294 g/mol. The summed E-state index contributed by atoms with van der Waals surface area (Å²) in [4.78, 5) is 2.82. The summed E-state index contributed by atoms with van der Waals surface area (Å²) >= 11 is 0. The predicted octanol–water partition coefficient (Wildman–Crippen LogP) is 1.98. The Labute approximate surface area is 121 Å². The van der Waals surface area contributed by atoms with Gasteiger partial charge in [0.1, 0.15) is 0 Å². The van der Waals surface area contributed by atoms with Crippen molar-refractivity contribution in [3.05, 3.63) is 30.3 Å². The molecule has 110 valence electrons. The number of benzene rings is 1. The third-order valence-electron chi connectivity index (χ3n) is 4.44. The molecule has 0 radical (unpaired) electrons. The Balaban J connectivity index is 1.61. The van der Waals surface area contributed by atoms with Crippen LogP contribution in [-0.2, 0) is 10.0 Å². The van der Waals surface area contributed by atoms with Gasteiger partial charge < -0.3 is 0 Å². The number of likely N-dealkylation sites (tertiary alicyclic amines) is 1. The highest BCUT2D eigenvalue weighted by Crippen LogP contribution is 2.26. The molecular weight excluding hydrogens is 272 g/mol. The highest BCUT2D eigenvalue weighted by atomic mass is 32.2. The molecule has 2 fully saturated rings. The van der Waals surface area contributed by atoms with Crippen molar-refractivity contribution in [2.45, 2.75) is 49.1 Å². The third-order valence-corrected chi connectivity index (χ3v) is 5.97. The highest BCUT2D eigenvalue weighted by molar-refractivity contribution is 7.89. The molecule has 5 heteroatoms. The highest BCUT2D eigenvalue weighted by Gasteiger charge is 2.32. The van der Waals surface area contributed by atoms with Crippen LogP contribution in [0.25, 0.3) is 0 Å². The van der Waals surface area contributed by atoms with E-state index in [-0.39, 0.29) is 6.04 Å². The molecule has 4 nitrogen and oxygen atoms in total. The van der Waals surface area contributed by atoms with Crippen LogP contribution in [0.4, 0.5) is 0 Å². The van der Waals surface area contributed by atoms with Crippen molar-refractivity contribution in [2.24, 2.45) is 0 Å². The molecule has 1 heterocycles. The van der Waals surface area contributed by atoms with Gasteiger partial charge in [0.05, 0.1) is 4.90 Å². The quantitative estimate of drug-likeness (QED) is 0.924. The maximum Gasteiger partial charge on any atom is 0.240 e. The van der Waals surface area contributed by atoms with Crippen molar-refractivity contribution in [3.8, 4) is 0 Å². The van der Waals surface area contributed by atoms with Crippen molar-refractivity contribution >= 4 is 10.0 Å². The van der Waals surface area contributed by atoms with Crippen molar-refractivity contribution in [3.63, 3.8) is 0 Å². The number of nitrogens with one attached hydrogen (secondary N) is 1. The Morgan fingerprint density at radius 3 is 2.45 bits per heavy atom. The van der Waals surface area contributed by atoms with Crippen molar-refractivity contribution < 1.29 is 8.42 Å². The average Bonchev–Trinajstić information content (AvgIpc) is 3.10. The maximum absolute atomic E-state index is 12.3. The van der Waals surface area contributed by atoms with Crippen LogP contribution in [0.5, 0.6) is 0 Å². The zero-order valence-corrected chi connectivity index (χ0v) is 12.5. The van der Waals surface area contributed by atoms with Gasteiger partial charge in [-0.25, -0.2) is 13.1 Å². The molecular formula is C15H22N2O2S. The molecule has 1 atom stereocenters. The summed E-state index contributed by atoms with van der Waals surface area (Å²) in [6.45, 7) is 1.88. The van der Waals surface area contributed by atoms with Crippen LogP contribution in [0.1, 0.15) is 32.1 Å². The number of hydrogen-bond acceptors (Lipinski definition) is 3. The molecule has 2 aliphatic rings. The van der Waals surface area contributed by atoms with E-state index < -0.39 is 10.0 Å². The van der Waals surface area contributed by atoms with E-state index in [2.05, 4.69) is 9.62 Å². The molecule has 1 aromatic rings. The van der Waals surface area contributed by atoms with Crippen LogP contribution in [0.2, 0.25) is 0 Å². The first-order valence-corrected chi connectivity index (χ1v) is 8.95. The van der Waals surface area contributed by atoms with E-state index in [9.17, 15) is 8.42 Å². The maximum atomic E-state index is 12.3. The summed E-state index contributed by atoms with van der Waals surface area (Å²) in [6, 6.07) is 9.37. The molecule has 1 aromatic carbocycles. The minimum Gasteiger partial charge on any atom is -0.299 e. The van der Waals surface area contributed by atoms with Gasteiger partial charge in [-0.1, -0.05) is 31.0 Å². The van der Waals surface area contributed by atoms with Crippen LogP contribution < -0.4 is 4.72 Å². The summed E-state index contributed by atoms with van der Waals surface area (Å²) in [6.07, 6.45) is 6.11. The topological polar surface area (TPSA) is 49.4 Å². The summed E-state index contributed by atoms with van der Waals surface area (Å²) in [7, 11) is -3.37. The van der Waals surface area contributed by atoms with Gasteiger partial charge in [0.25, 0.3) is 0 Å². The zero-order chi connectivity index (χ0) is 14.0. The molecule has 1 N–H and O–H groups in total. The summed E-state index contributed by atoms with van der Waals surface area (Å²) in [5.74, 6) is 0. The SMILES string of the molecule is O=S(=O)(N[C@H]1CCN(C2CCCC2)C1)c1ccccc1. The average molecular weight is 294 g/mol. The smallest absolute Gasteiger partial charge is 0.240 e. The Morgan fingerprint density at radius 2 is 1.75 bits per heavy atom. The normalized spacial score (nSPS) is 25.3. The van der Waals surface area contributed by atoms with Gasteiger partial charge in [0, 0.05) is 25.2 Å². The Hall–Kier alpha value is -0.910. The lowest BCUT2D eigenvalue weighted by atomic mass is 10.2. The van der Waals surface area contributed by atoms with Gasteiger partial charge in [0.2, 0.25) is 10.0 Å². The molecule has 1 aliphatic heterocycles. The fourth-order valence-corrected chi connectivity index (χ4v) is 4.65. The van der Waals surface area contributed by atoms with Gasteiger partial charge >= 0.3 is 0 Å².